The number of benzene rings is 2. The van der Waals surface area contributed by atoms with Crippen LogP contribution in [0.4, 0.5) is 0 Å². The van der Waals surface area contributed by atoms with Gasteiger partial charge in [-0.25, -0.2) is 0 Å². The Morgan fingerprint density at radius 3 is 2.62 bits per heavy atom. The van der Waals surface area contributed by atoms with Gasteiger partial charge in [0.05, 0.1) is 18.3 Å². The van der Waals surface area contributed by atoms with Crippen LogP contribution >= 0.6 is 0 Å². The third kappa shape index (κ3) is 2.09. The van der Waals surface area contributed by atoms with Gasteiger partial charge in [-0.15, -0.1) is 0 Å². The predicted molar refractivity (Wildman–Crippen MR) is 104 cm³/mol. The Hall–Kier alpha value is -3.40. The van der Waals surface area contributed by atoms with Gasteiger partial charge in [0.15, 0.2) is 0 Å². The molecule has 0 fully saturated rings. The van der Waals surface area contributed by atoms with Crippen molar-refractivity contribution < 1.29 is 4.74 Å². The number of aromatic nitrogens is 1. The molecule has 0 amide bonds. The van der Waals surface area contributed by atoms with Crippen molar-refractivity contribution in [2.75, 3.05) is 7.11 Å². The molecule has 1 aliphatic heterocycles. The lowest BCUT2D eigenvalue weighted by Gasteiger charge is -2.32. The molecule has 0 spiro atoms. The number of hydrogen-bond donors (Lipinski definition) is 0. The van der Waals surface area contributed by atoms with Crippen molar-refractivity contribution in [1.82, 2.24) is 4.57 Å². The fourth-order valence-electron chi connectivity index (χ4n) is 3.72. The summed E-state index contributed by atoms with van der Waals surface area (Å²) in [4.78, 5) is 17.5. The second-order valence-corrected chi connectivity index (χ2v) is 6.43. The number of allylic oxidation sites excluding steroid dienone is 3. The molecule has 0 radical (unpaired) electrons. The van der Waals surface area contributed by atoms with Gasteiger partial charge in [0.25, 0.3) is 5.56 Å². The number of methoxy groups -OCH3 is 1. The Morgan fingerprint density at radius 2 is 1.92 bits per heavy atom. The molecule has 1 aliphatic carbocycles. The first-order chi connectivity index (χ1) is 12.8. The van der Waals surface area contributed by atoms with Crippen LogP contribution in [0, 0.1) is 0 Å². The zero-order valence-electron chi connectivity index (χ0n) is 14.2. The Kier molecular flexibility index (Phi) is 3.19. The van der Waals surface area contributed by atoms with Crippen LogP contribution < -0.4 is 10.3 Å². The topological polar surface area (TPSA) is 43.6 Å². The van der Waals surface area contributed by atoms with E-state index in [0.717, 1.165) is 39.0 Å². The molecule has 5 rings (SSSR count). The van der Waals surface area contributed by atoms with Crippen LogP contribution in [0.5, 0.6) is 5.75 Å². The predicted octanol–water partition coefficient (Wildman–Crippen LogP) is 4.13. The minimum Gasteiger partial charge on any atom is -0.497 e. The van der Waals surface area contributed by atoms with Gasteiger partial charge in [-0.1, -0.05) is 30.3 Å². The number of aliphatic imine (C=N–C) groups is 1. The second kappa shape index (κ2) is 5.56. The highest BCUT2D eigenvalue weighted by molar-refractivity contribution is 5.96. The summed E-state index contributed by atoms with van der Waals surface area (Å²) < 4.78 is 7.26. The number of ether oxygens (including phenoxy) is 1. The van der Waals surface area contributed by atoms with Gasteiger partial charge in [-0.2, -0.15) is 0 Å². The molecule has 4 nitrogen and oxygen atoms in total. The molecule has 126 valence electrons. The van der Waals surface area contributed by atoms with E-state index in [9.17, 15) is 4.79 Å². The van der Waals surface area contributed by atoms with E-state index in [0.29, 0.717) is 0 Å². The fraction of sp³-hybridized carbons (Fsp3) is 0.0909. The van der Waals surface area contributed by atoms with E-state index in [2.05, 4.69) is 4.99 Å². The quantitative estimate of drug-likeness (QED) is 0.720. The zero-order valence-corrected chi connectivity index (χ0v) is 14.2. The molecule has 4 heteroatoms. The van der Waals surface area contributed by atoms with E-state index in [1.54, 1.807) is 19.4 Å². The summed E-state index contributed by atoms with van der Waals surface area (Å²) in [5, 5.41) is 0.991. The summed E-state index contributed by atoms with van der Waals surface area (Å²) in [6.07, 6.45) is 5.78. The summed E-state index contributed by atoms with van der Waals surface area (Å²) in [5.74, 6) is 0.769. The lowest BCUT2D eigenvalue weighted by atomic mass is 9.88. The number of nitrogens with zero attached hydrogens (tertiary/aromatic N) is 2. The van der Waals surface area contributed by atoms with Crippen LogP contribution in [-0.4, -0.2) is 17.9 Å². The molecule has 1 atom stereocenters. The van der Waals surface area contributed by atoms with Gasteiger partial charge in [0.1, 0.15) is 11.8 Å². The largest absolute Gasteiger partial charge is 0.497 e. The monoisotopic (exact) mass is 340 g/mol. The summed E-state index contributed by atoms with van der Waals surface area (Å²) in [5.41, 5.74) is 4.82. The van der Waals surface area contributed by atoms with Crippen molar-refractivity contribution in [1.29, 1.82) is 0 Å². The van der Waals surface area contributed by atoms with Crippen LogP contribution in [0.25, 0.3) is 22.0 Å². The van der Waals surface area contributed by atoms with Gasteiger partial charge in [0.2, 0.25) is 0 Å². The van der Waals surface area contributed by atoms with Gasteiger partial charge >= 0.3 is 0 Å². The van der Waals surface area contributed by atoms with E-state index in [1.807, 2.05) is 65.3 Å². The van der Waals surface area contributed by atoms with Crippen LogP contribution in [0.1, 0.15) is 6.04 Å². The first-order valence-corrected chi connectivity index (χ1v) is 8.51. The van der Waals surface area contributed by atoms with Crippen LogP contribution in [0.15, 0.2) is 87.8 Å². The highest BCUT2D eigenvalue weighted by atomic mass is 16.5. The maximum Gasteiger partial charge on any atom is 0.252 e. The second-order valence-electron chi connectivity index (χ2n) is 6.43. The maximum atomic E-state index is 13.1. The Morgan fingerprint density at radius 1 is 1.08 bits per heavy atom. The molecule has 0 saturated heterocycles. The lowest BCUT2D eigenvalue weighted by molar-refractivity contribution is 0.415. The molecule has 3 aromatic rings. The van der Waals surface area contributed by atoms with Crippen molar-refractivity contribution in [3.8, 4) is 16.9 Å². The van der Waals surface area contributed by atoms with E-state index >= 15 is 0 Å². The normalized spacial score (nSPS) is 17.5. The Labute approximate surface area is 150 Å². The summed E-state index contributed by atoms with van der Waals surface area (Å²) >= 11 is 0. The van der Waals surface area contributed by atoms with Gasteiger partial charge in [-0.3, -0.25) is 14.4 Å². The van der Waals surface area contributed by atoms with E-state index in [-0.39, 0.29) is 11.6 Å². The van der Waals surface area contributed by atoms with Gasteiger partial charge in [0, 0.05) is 17.7 Å². The molecule has 26 heavy (non-hydrogen) atoms. The van der Waals surface area contributed by atoms with Crippen molar-refractivity contribution in [2.24, 2.45) is 4.99 Å². The molecule has 0 saturated carbocycles. The van der Waals surface area contributed by atoms with E-state index in [4.69, 9.17) is 4.74 Å². The van der Waals surface area contributed by atoms with E-state index in [1.165, 1.54) is 0 Å². The highest BCUT2D eigenvalue weighted by Crippen LogP contribution is 2.42. The van der Waals surface area contributed by atoms with Crippen LogP contribution in [0.2, 0.25) is 0 Å². The fourth-order valence-corrected chi connectivity index (χ4v) is 3.72. The molecule has 2 aliphatic rings. The number of dihydropyridines is 1. The minimum atomic E-state index is -0.104. The maximum absolute atomic E-state index is 13.1. The number of rotatable bonds is 3. The Bertz CT molecular complexity index is 1170. The third-order valence-electron chi connectivity index (χ3n) is 5.00. The van der Waals surface area contributed by atoms with E-state index < -0.39 is 0 Å². The van der Waals surface area contributed by atoms with Crippen LogP contribution in [-0.2, 0) is 0 Å². The van der Waals surface area contributed by atoms with Gasteiger partial charge < -0.3 is 4.74 Å². The summed E-state index contributed by atoms with van der Waals surface area (Å²) in [7, 11) is 1.65. The number of hydrogen-bond acceptors (Lipinski definition) is 3. The van der Waals surface area contributed by atoms with Gasteiger partial charge in [-0.05, 0) is 47.1 Å². The summed E-state index contributed by atoms with van der Waals surface area (Å²) in [6, 6.07) is 17.4. The standard InChI is InChI=1S/C22H16N2O2/c1-26-16-7-8-20-18(12-16)17(14-5-3-2-4-6-14)13-21(25)24(20)22-15-9-10-23-19(22)11-15/h2-13,22H,1H3. The lowest BCUT2D eigenvalue weighted by Crippen LogP contribution is -2.32. The van der Waals surface area contributed by atoms with Crippen LogP contribution in [0.3, 0.4) is 0 Å². The first kappa shape index (κ1) is 14.9. The molecule has 2 bridgehead atoms. The SMILES string of the molecule is COc1ccc2c(c1)c(-c1ccccc1)cc(=O)n2C1c2ccnc1c2. The average molecular weight is 340 g/mol. The van der Waals surface area contributed by atoms with Crippen molar-refractivity contribution >= 4 is 17.1 Å². The van der Waals surface area contributed by atoms with Crippen molar-refractivity contribution in [2.45, 2.75) is 6.04 Å². The number of fused-ring (bicyclic) bond motifs is 3. The molecule has 0 N–H and O–H groups in total. The Balaban J connectivity index is 1.83. The molecule has 2 aromatic carbocycles. The molecular formula is C22H16N2O2. The first-order valence-electron chi connectivity index (χ1n) is 8.51. The molecule has 1 unspecified atom stereocenters. The van der Waals surface area contributed by atoms with Crippen molar-refractivity contribution in [3.05, 3.63) is 88.4 Å². The number of pyridine rings is 1. The minimum absolute atomic E-state index is 0.0277. The highest BCUT2D eigenvalue weighted by Gasteiger charge is 2.32. The van der Waals surface area contributed by atoms with Crippen molar-refractivity contribution in [3.63, 3.8) is 0 Å². The third-order valence-corrected chi connectivity index (χ3v) is 5.00. The average Bonchev–Trinajstić information content (AvgIpc) is 2.70. The molecule has 1 aromatic heterocycles. The molecular weight excluding hydrogens is 324 g/mol. The smallest absolute Gasteiger partial charge is 0.252 e. The zero-order chi connectivity index (χ0) is 17.7. The molecule has 2 heterocycles. The summed E-state index contributed by atoms with van der Waals surface area (Å²) in [6.45, 7) is 0.